The maximum Gasteiger partial charge on any atom is 0.282 e. The molecule has 0 aliphatic rings. The second-order valence-corrected chi connectivity index (χ2v) is 7.25. The van der Waals surface area contributed by atoms with Crippen LogP contribution >= 0.6 is 23.2 Å². The fourth-order valence-corrected chi connectivity index (χ4v) is 3.21. The molecule has 168 valence electrons. The monoisotopic (exact) mass is 495 g/mol. The minimum atomic E-state index is -1.45. The van der Waals surface area contributed by atoms with Gasteiger partial charge in [0.1, 0.15) is 11.1 Å². The summed E-state index contributed by atoms with van der Waals surface area (Å²) in [4.78, 5) is 47.9. The Labute approximate surface area is 193 Å². The number of halogens is 4. The lowest BCUT2D eigenvalue weighted by Gasteiger charge is -2.21. The number of carbonyl (C=O) groups is 2. The van der Waals surface area contributed by atoms with E-state index < -0.39 is 61.5 Å². The number of nitro groups is 2. The molecule has 0 unspecified atom stereocenters. The number of hydrogen-bond acceptors (Lipinski definition) is 6. The van der Waals surface area contributed by atoms with Gasteiger partial charge in [-0.3, -0.25) is 29.8 Å². The Hall–Kier alpha value is -3.96. The van der Waals surface area contributed by atoms with Gasteiger partial charge in [-0.05, 0) is 36.4 Å². The Kier molecular flexibility index (Phi) is 6.65. The minimum absolute atomic E-state index is 0.102. The molecule has 0 N–H and O–H groups in total. The van der Waals surface area contributed by atoms with Gasteiger partial charge in [-0.1, -0.05) is 23.2 Å². The first-order valence-corrected chi connectivity index (χ1v) is 9.48. The van der Waals surface area contributed by atoms with E-state index in [-0.39, 0.29) is 14.9 Å². The van der Waals surface area contributed by atoms with Gasteiger partial charge >= 0.3 is 0 Å². The van der Waals surface area contributed by atoms with Gasteiger partial charge in [0.25, 0.3) is 23.2 Å². The van der Waals surface area contributed by atoms with E-state index in [2.05, 4.69) is 0 Å². The quantitative estimate of drug-likeness (QED) is 0.258. The summed E-state index contributed by atoms with van der Waals surface area (Å²) in [5.74, 6) is -5.48. The molecule has 3 aromatic rings. The first kappa shape index (κ1) is 23.7. The molecule has 0 atom stereocenters. The second kappa shape index (κ2) is 9.27. The number of benzene rings is 3. The zero-order chi connectivity index (χ0) is 24.4. The number of nitro benzene ring substituents is 2. The first-order valence-electron chi connectivity index (χ1n) is 8.73. The van der Waals surface area contributed by atoms with Gasteiger partial charge < -0.3 is 0 Å². The van der Waals surface area contributed by atoms with Crippen molar-refractivity contribution in [2.24, 2.45) is 0 Å². The summed E-state index contributed by atoms with van der Waals surface area (Å²) in [5.41, 5.74) is -3.38. The molecule has 0 fully saturated rings. The van der Waals surface area contributed by atoms with E-state index in [0.29, 0.717) is 12.1 Å². The maximum atomic E-state index is 13.9. The summed E-state index contributed by atoms with van der Waals surface area (Å²) < 4.78 is 27.4. The molecule has 33 heavy (non-hydrogen) atoms. The van der Waals surface area contributed by atoms with E-state index in [1.54, 1.807) is 0 Å². The van der Waals surface area contributed by atoms with Crippen LogP contribution in [-0.4, -0.2) is 21.7 Å². The predicted octanol–water partition coefficient (Wildman–Crippen LogP) is 5.58. The van der Waals surface area contributed by atoms with Gasteiger partial charge in [-0.25, -0.2) is 13.7 Å². The normalized spacial score (nSPS) is 10.5. The molecule has 2 amide bonds. The average Bonchev–Trinajstić information content (AvgIpc) is 2.75. The van der Waals surface area contributed by atoms with E-state index in [4.69, 9.17) is 23.2 Å². The number of carbonyl (C=O) groups excluding carboxylic acids is 2. The molecule has 9 nitrogen and oxygen atoms in total. The molecule has 0 spiro atoms. The molecule has 0 bridgehead atoms. The number of amides is 2. The van der Waals surface area contributed by atoms with Crippen LogP contribution in [0.5, 0.6) is 0 Å². The van der Waals surface area contributed by atoms with Crippen molar-refractivity contribution in [2.45, 2.75) is 0 Å². The van der Waals surface area contributed by atoms with Gasteiger partial charge in [0.15, 0.2) is 11.6 Å². The van der Waals surface area contributed by atoms with Crippen LogP contribution in [0.1, 0.15) is 20.7 Å². The second-order valence-electron chi connectivity index (χ2n) is 6.38. The lowest BCUT2D eigenvalue weighted by molar-refractivity contribution is -0.385. The molecule has 0 aliphatic heterocycles. The van der Waals surface area contributed by atoms with E-state index in [9.17, 15) is 38.6 Å². The third-order valence-electron chi connectivity index (χ3n) is 4.34. The molecular weight excluding hydrogens is 487 g/mol. The molecule has 0 saturated heterocycles. The van der Waals surface area contributed by atoms with Gasteiger partial charge in [0.05, 0.1) is 15.5 Å². The zero-order valence-corrected chi connectivity index (χ0v) is 17.5. The lowest BCUT2D eigenvalue weighted by Crippen LogP contribution is -2.38. The van der Waals surface area contributed by atoms with Crippen molar-refractivity contribution in [1.29, 1.82) is 0 Å². The van der Waals surface area contributed by atoms with Crippen LogP contribution in [0.15, 0.2) is 54.6 Å². The van der Waals surface area contributed by atoms with Crippen molar-refractivity contribution in [3.63, 3.8) is 0 Å². The van der Waals surface area contributed by atoms with Crippen molar-refractivity contribution in [2.75, 3.05) is 4.90 Å². The highest BCUT2D eigenvalue weighted by molar-refractivity contribution is 6.33. The van der Waals surface area contributed by atoms with Gasteiger partial charge in [0.2, 0.25) is 0 Å². The Morgan fingerprint density at radius 2 is 1.18 bits per heavy atom. The molecular formula is C20H9Cl2F2N3O6. The largest absolute Gasteiger partial charge is 0.282 e. The van der Waals surface area contributed by atoms with Crippen molar-refractivity contribution < 1.29 is 28.2 Å². The number of anilines is 1. The standard InChI is InChI=1S/C20H9Cl2F2N3O6/c21-10-1-5-17(26(30)31)13(7-10)19(28)25(12-3-4-15(23)16(24)9-12)20(29)14-8-11(22)2-6-18(14)27(32)33/h1-9H. The Morgan fingerprint density at radius 3 is 1.58 bits per heavy atom. The van der Waals surface area contributed by atoms with Crippen molar-refractivity contribution in [3.8, 4) is 0 Å². The summed E-state index contributed by atoms with van der Waals surface area (Å²) in [6.07, 6.45) is 0. The van der Waals surface area contributed by atoms with E-state index in [0.717, 1.165) is 42.5 Å². The van der Waals surface area contributed by atoms with Crippen LogP contribution in [0.4, 0.5) is 25.8 Å². The number of imide groups is 1. The Balaban J connectivity index is 2.28. The summed E-state index contributed by atoms with van der Waals surface area (Å²) >= 11 is 11.7. The van der Waals surface area contributed by atoms with Crippen molar-refractivity contribution >= 4 is 52.1 Å². The first-order chi connectivity index (χ1) is 15.5. The van der Waals surface area contributed by atoms with Crippen LogP contribution in [0.25, 0.3) is 0 Å². The Morgan fingerprint density at radius 1 is 0.727 bits per heavy atom. The van der Waals surface area contributed by atoms with Gasteiger partial charge in [-0.15, -0.1) is 0 Å². The number of rotatable bonds is 5. The molecule has 3 rings (SSSR count). The van der Waals surface area contributed by atoms with Gasteiger partial charge in [-0.2, -0.15) is 0 Å². The van der Waals surface area contributed by atoms with Crippen LogP contribution in [0.2, 0.25) is 10.0 Å². The molecule has 0 saturated carbocycles. The molecule has 0 radical (unpaired) electrons. The fourth-order valence-electron chi connectivity index (χ4n) is 2.87. The minimum Gasteiger partial charge on any atom is -0.268 e. The maximum absolute atomic E-state index is 13.9. The summed E-state index contributed by atoms with van der Waals surface area (Å²) in [6.45, 7) is 0. The third kappa shape index (κ3) is 4.78. The molecule has 0 aromatic heterocycles. The lowest BCUT2D eigenvalue weighted by atomic mass is 10.1. The Bertz CT molecular complexity index is 1260. The smallest absolute Gasteiger partial charge is 0.268 e. The summed E-state index contributed by atoms with van der Waals surface area (Å²) in [5, 5.41) is 22.6. The SMILES string of the molecule is O=C(c1cc(Cl)ccc1[N+](=O)[O-])N(C(=O)c1cc(Cl)ccc1[N+](=O)[O-])c1ccc(F)c(F)c1. The van der Waals surface area contributed by atoms with E-state index in [1.807, 2.05) is 0 Å². The zero-order valence-electron chi connectivity index (χ0n) is 16.0. The number of nitrogens with zero attached hydrogens (tertiary/aromatic N) is 3. The molecule has 3 aromatic carbocycles. The molecule has 13 heteroatoms. The highest BCUT2D eigenvalue weighted by Crippen LogP contribution is 2.31. The third-order valence-corrected chi connectivity index (χ3v) is 4.81. The number of hydrogen-bond donors (Lipinski definition) is 0. The van der Waals surface area contributed by atoms with E-state index in [1.165, 1.54) is 0 Å². The van der Waals surface area contributed by atoms with Crippen LogP contribution in [0.3, 0.4) is 0 Å². The van der Waals surface area contributed by atoms with Crippen LogP contribution < -0.4 is 4.90 Å². The highest BCUT2D eigenvalue weighted by atomic mass is 35.5. The highest BCUT2D eigenvalue weighted by Gasteiger charge is 2.34. The van der Waals surface area contributed by atoms with Crippen molar-refractivity contribution in [3.05, 3.63) is 108 Å². The van der Waals surface area contributed by atoms with Crippen LogP contribution in [0, 0.1) is 31.9 Å². The molecule has 0 aliphatic carbocycles. The molecule has 0 heterocycles. The topological polar surface area (TPSA) is 124 Å². The van der Waals surface area contributed by atoms with Gasteiger partial charge in [0, 0.05) is 28.2 Å². The summed E-state index contributed by atoms with van der Waals surface area (Å²) in [7, 11) is 0. The van der Waals surface area contributed by atoms with Crippen LogP contribution in [-0.2, 0) is 0 Å². The predicted molar refractivity (Wildman–Crippen MR) is 114 cm³/mol. The van der Waals surface area contributed by atoms with E-state index >= 15 is 0 Å². The average molecular weight is 496 g/mol. The summed E-state index contributed by atoms with van der Waals surface area (Å²) in [6, 6.07) is 7.81. The van der Waals surface area contributed by atoms with Crippen molar-refractivity contribution in [1.82, 2.24) is 0 Å². The fraction of sp³-hybridized carbons (Fsp3) is 0.